The second-order valence-electron chi connectivity index (χ2n) is 8.83. The summed E-state index contributed by atoms with van der Waals surface area (Å²) >= 11 is 12.3. The molecule has 0 spiro atoms. The summed E-state index contributed by atoms with van der Waals surface area (Å²) in [6, 6.07) is 37.0. The van der Waals surface area contributed by atoms with Crippen molar-refractivity contribution >= 4 is 57.3 Å². The number of hydrogen-bond donors (Lipinski definition) is 0. The molecular weight excluding hydrogens is 512 g/mol. The van der Waals surface area contributed by atoms with Gasteiger partial charge >= 0.3 is 0 Å². The van der Waals surface area contributed by atoms with Crippen molar-refractivity contribution in [3.05, 3.63) is 148 Å². The minimum Gasteiger partial charge on any atom is -0.257 e. The van der Waals surface area contributed by atoms with Crippen molar-refractivity contribution in [2.75, 3.05) is 0 Å². The Kier molecular flexibility index (Phi) is 8.36. The molecule has 37 heavy (non-hydrogen) atoms. The van der Waals surface area contributed by atoms with Crippen LogP contribution in [-0.4, -0.2) is 31.6 Å². The molecule has 1 radical (unpaired) electrons. The highest BCUT2D eigenvalue weighted by Gasteiger charge is 2.16. The monoisotopic (exact) mass is 536 g/mol. The van der Waals surface area contributed by atoms with Crippen molar-refractivity contribution in [2.24, 2.45) is 0 Å². The van der Waals surface area contributed by atoms with Gasteiger partial charge in [-0.1, -0.05) is 120 Å². The lowest BCUT2D eigenvalue weighted by atomic mass is 9.65. The van der Waals surface area contributed by atoms with Crippen molar-refractivity contribution in [2.45, 2.75) is 11.7 Å². The topological polar surface area (TPSA) is 30.7 Å². The zero-order valence-corrected chi connectivity index (χ0v) is 23.1. The maximum absolute atomic E-state index is 6.16. The van der Waals surface area contributed by atoms with Crippen LogP contribution in [0.25, 0.3) is 11.5 Å². The highest BCUT2D eigenvalue weighted by Crippen LogP contribution is 2.26. The van der Waals surface area contributed by atoms with Crippen molar-refractivity contribution in [3.63, 3.8) is 0 Å². The van der Waals surface area contributed by atoms with E-state index in [1.165, 1.54) is 11.1 Å². The molecule has 0 fully saturated rings. The normalized spacial score (nSPS) is 11.9. The first-order valence-electron chi connectivity index (χ1n) is 12.2. The van der Waals surface area contributed by atoms with Gasteiger partial charge in [0, 0.05) is 16.2 Å². The number of halogens is 2. The number of hydrogen-bond acceptors (Lipinski definition) is 2. The number of benzene rings is 4. The summed E-state index contributed by atoms with van der Waals surface area (Å²) in [5, 5.41) is 6.30. The average Bonchev–Trinajstić information content (AvgIpc) is 3.38. The minimum atomic E-state index is -0.660. The van der Waals surface area contributed by atoms with E-state index in [4.69, 9.17) is 28.3 Å². The Morgan fingerprint density at radius 1 is 0.784 bits per heavy atom. The second-order valence-corrected chi connectivity index (χ2v) is 11.5. The highest BCUT2D eigenvalue weighted by atomic mass is 35.5. The van der Waals surface area contributed by atoms with E-state index in [2.05, 4.69) is 66.9 Å². The van der Waals surface area contributed by atoms with Gasteiger partial charge in [-0.2, -0.15) is 5.10 Å². The molecule has 0 atom stereocenters. The van der Waals surface area contributed by atoms with Crippen molar-refractivity contribution in [3.8, 4) is 0 Å². The third-order valence-electron chi connectivity index (χ3n) is 6.26. The molecule has 1 aromatic heterocycles. The van der Waals surface area contributed by atoms with Gasteiger partial charge in [-0.05, 0) is 52.1 Å². The Morgan fingerprint density at radius 2 is 1.35 bits per heavy atom. The zero-order chi connectivity index (χ0) is 25.5. The molecule has 0 aliphatic heterocycles. The van der Waals surface area contributed by atoms with E-state index < -0.39 is 9.52 Å². The molecule has 181 valence electrons. The van der Waals surface area contributed by atoms with Crippen LogP contribution in [0.3, 0.4) is 0 Å². The fourth-order valence-corrected chi connectivity index (χ4v) is 6.57. The summed E-state index contributed by atoms with van der Waals surface area (Å²) in [6.07, 6.45) is 4.87. The standard InChI is InChI=1S/C30H25BCl2N3Si/c32-26-15-11-24(12-16-26)29(25-13-17-27(33)18-14-25)37-21-36-20-34-30(35-36)31-28(23-9-5-2-6-10-23)19-22-7-3-1-4-8-22/h1-20,29H,21,37H2. The lowest BCUT2D eigenvalue weighted by Crippen LogP contribution is -2.23. The maximum atomic E-state index is 6.16. The third-order valence-corrected chi connectivity index (χ3v) is 9.00. The van der Waals surface area contributed by atoms with Crippen LogP contribution < -0.4 is 5.72 Å². The molecule has 1 heterocycles. The molecule has 0 aliphatic carbocycles. The van der Waals surface area contributed by atoms with Gasteiger partial charge in [-0.3, -0.25) is 4.68 Å². The molecule has 3 nitrogen and oxygen atoms in total. The largest absolute Gasteiger partial charge is 0.257 e. The Bertz CT molecular complexity index is 1410. The predicted molar refractivity (Wildman–Crippen MR) is 159 cm³/mol. The van der Waals surface area contributed by atoms with E-state index in [1.807, 2.05) is 71.7 Å². The molecule has 0 saturated carbocycles. The van der Waals surface area contributed by atoms with Crippen molar-refractivity contribution in [1.82, 2.24) is 14.8 Å². The van der Waals surface area contributed by atoms with Crippen LogP contribution in [0.4, 0.5) is 0 Å². The summed E-state index contributed by atoms with van der Waals surface area (Å²) in [5.41, 5.74) is 6.89. The maximum Gasteiger partial charge on any atom is 0.246 e. The molecule has 0 amide bonds. The smallest absolute Gasteiger partial charge is 0.246 e. The summed E-state index contributed by atoms with van der Waals surface area (Å²) in [5.74, 6) is 0. The SMILES string of the molecule is Clc1ccc(C([SiH2]Cn2cnc([B]C(=Cc3ccccc3)c3ccccc3)n2)c2ccc(Cl)cc2)cc1. The molecule has 0 aliphatic rings. The van der Waals surface area contributed by atoms with Gasteiger partial charge in [0.2, 0.25) is 7.28 Å². The third kappa shape index (κ3) is 6.89. The Balaban J connectivity index is 1.34. The van der Waals surface area contributed by atoms with Crippen LogP contribution in [-0.2, 0) is 6.17 Å². The Morgan fingerprint density at radius 3 is 1.95 bits per heavy atom. The number of nitrogens with zero attached hydrogens (tertiary/aromatic N) is 3. The van der Waals surface area contributed by atoms with Gasteiger partial charge in [-0.25, -0.2) is 4.98 Å². The predicted octanol–water partition coefficient (Wildman–Crippen LogP) is 6.03. The summed E-state index contributed by atoms with van der Waals surface area (Å²) in [7, 11) is 1.39. The van der Waals surface area contributed by atoms with Crippen LogP contribution in [0.2, 0.25) is 10.0 Å². The minimum absolute atomic E-state index is 0.323. The average molecular weight is 537 g/mol. The van der Waals surface area contributed by atoms with Crippen molar-refractivity contribution < 1.29 is 0 Å². The Hall–Kier alpha value is -3.38. The van der Waals surface area contributed by atoms with Gasteiger partial charge in [0.15, 0.2) is 0 Å². The van der Waals surface area contributed by atoms with Gasteiger partial charge in [0.05, 0.1) is 9.52 Å². The molecule has 5 aromatic rings. The zero-order valence-electron chi connectivity index (χ0n) is 20.2. The molecule has 0 unspecified atom stereocenters. The first-order valence-corrected chi connectivity index (χ1v) is 14.8. The van der Waals surface area contributed by atoms with E-state index >= 15 is 0 Å². The van der Waals surface area contributed by atoms with Crippen LogP contribution in [0, 0.1) is 0 Å². The summed E-state index contributed by atoms with van der Waals surface area (Å²) < 4.78 is 1.97. The van der Waals surface area contributed by atoms with E-state index in [0.717, 1.165) is 32.8 Å². The number of aromatic nitrogens is 3. The number of rotatable bonds is 9. The molecule has 0 N–H and O–H groups in total. The van der Waals surface area contributed by atoms with Crippen LogP contribution >= 0.6 is 23.2 Å². The van der Waals surface area contributed by atoms with E-state index in [0.29, 0.717) is 11.3 Å². The lowest BCUT2D eigenvalue weighted by Gasteiger charge is -2.18. The van der Waals surface area contributed by atoms with Gasteiger partial charge in [0.1, 0.15) is 12.1 Å². The summed E-state index contributed by atoms with van der Waals surface area (Å²) in [6.45, 7) is 0. The summed E-state index contributed by atoms with van der Waals surface area (Å²) in [4.78, 5) is 4.61. The van der Waals surface area contributed by atoms with E-state index in [-0.39, 0.29) is 0 Å². The quantitative estimate of drug-likeness (QED) is 0.170. The van der Waals surface area contributed by atoms with Crippen LogP contribution in [0.1, 0.15) is 27.8 Å². The van der Waals surface area contributed by atoms with Crippen LogP contribution in [0.15, 0.2) is 116 Å². The molecular formula is C30H25BCl2N3Si. The van der Waals surface area contributed by atoms with Gasteiger partial charge in [0.25, 0.3) is 0 Å². The van der Waals surface area contributed by atoms with E-state index in [9.17, 15) is 0 Å². The fraction of sp³-hybridized carbons (Fsp3) is 0.0667. The molecule has 0 bridgehead atoms. The molecule has 7 heteroatoms. The van der Waals surface area contributed by atoms with Gasteiger partial charge < -0.3 is 0 Å². The Labute approximate surface area is 230 Å². The molecule has 4 aromatic carbocycles. The van der Waals surface area contributed by atoms with Gasteiger partial charge in [-0.15, -0.1) is 0 Å². The first-order chi connectivity index (χ1) is 18.1. The lowest BCUT2D eigenvalue weighted by molar-refractivity contribution is 0.735. The van der Waals surface area contributed by atoms with Crippen LogP contribution in [0.5, 0.6) is 0 Å². The highest BCUT2D eigenvalue weighted by molar-refractivity contribution is 6.73. The molecule has 0 saturated heterocycles. The first kappa shape index (κ1) is 25.3. The van der Waals surface area contributed by atoms with Crippen molar-refractivity contribution in [1.29, 1.82) is 0 Å². The van der Waals surface area contributed by atoms with E-state index in [1.54, 1.807) is 0 Å². The second kappa shape index (κ2) is 12.2. The fourth-order valence-electron chi connectivity index (χ4n) is 4.37. The molecule has 5 rings (SSSR count).